The highest BCUT2D eigenvalue weighted by Crippen LogP contribution is 2.34. The smallest absolute Gasteiger partial charge is 0.0988 e. The number of fused-ring (bicyclic) bond motifs is 1. The molecule has 0 fully saturated rings. The highest BCUT2D eigenvalue weighted by Gasteiger charge is 2.23. The van der Waals surface area contributed by atoms with Crippen LogP contribution in [0, 0.1) is 0 Å². The van der Waals surface area contributed by atoms with Crippen LogP contribution in [-0.2, 0) is 0 Å². The van der Waals surface area contributed by atoms with E-state index in [1.54, 1.807) is 0 Å². The van der Waals surface area contributed by atoms with Crippen molar-refractivity contribution in [1.82, 2.24) is 0 Å². The lowest BCUT2D eigenvalue weighted by Crippen LogP contribution is -2.32. The number of hydrogen-bond donors (Lipinski definition) is 2. The molecule has 1 aromatic carbocycles. The van der Waals surface area contributed by atoms with Gasteiger partial charge in [-0.15, -0.1) is 0 Å². The summed E-state index contributed by atoms with van der Waals surface area (Å²) in [6.45, 7) is 0.795. The SMILES string of the molecule is CN1c2ccccc2NC1CCCCN. The Bertz CT molecular complexity index is 324. The highest BCUT2D eigenvalue weighted by molar-refractivity contribution is 5.75. The molecular weight excluding hydrogens is 186 g/mol. The Labute approximate surface area is 91.3 Å². The minimum atomic E-state index is 0.439. The van der Waals surface area contributed by atoms with Crippen LogP contribution in [0.15, 0.2) is 24.3 Å². The molecule has 3 nitrogen and oxygen atoms in total. The normalized spacial score (nSPS) is 18.8. The van der Waals surface area contributed by atoms with Gasteiger partial charge in [0.25, 0.3) is 0 Å². The molecule has 1 aromatic rings. The molecule has 0 aromatic heterocycles. The van der Waals surface area contributed by atoms with Gasteiger partial charge >= 0.3 is 0 Å². The zero-order chi connectivity index (χ0) is 10.7. The predicted molar refractivity (Wildman–Crippen MR) is 65.2 cm³/mol. The van der Waals surface area contributed by atoms with E-state index in [2.05, 4.69) is 41.5 Å². The molecule has 0 bridgehead atoms. The average Bonchev–Trinajstić information content (AvgIpc) is 2.57. The van der Waals surface area contributed by atoms with Gasteiger partial charge in [-0.3, -0.25) is 0 Å². The second kappa shape index (κ2) is 4.53. The summed E-state index contributed by atoms with van der Waals surface area (Å²) in [5.41, 5.74) is 8.05. The molecule has 0 aliphatic carbocycles. The maximum atomic E-state index is 5.50. The number of rotatable bonds is 4. The van der Waals surface area contributed by atoms with Crippen LogP contribution in [0.2, 0.25) is 0 Å². The number of nitrogens with one attached hydrogen (secondary N) is 1. The van der Waals surface area contributed by atoms with Crippen molar-refractivity contribution < 1.29 is 0 Å². The number of anilines is 2. The van der Waals surface area contributed by atoms with Crippen molar-refractivity contribution in [3.05, 3.63) is 24.3 Å². The summed E-state index contributed by atoms with van der Waals surface area (Å²) in [5.74, 6) is 0. The molecule has 1 atom stereocenters. The predicted octanol–water partition coefficient (Wildman–Crippen LogP) is 2.00. The third-order valence-electron chi connectivity index (χ3n) is 3.01. The van der Waals surface area contributed by atoms with Crippen molar-refractivity contribution in [3.63, 3.8) is 0 Å². The van der Waals surface area contributed by atoms with Crippen LogP contribution in [-0.4, -0.2) is 19.8 Å². The molecule has 0 spiro atoms. The van der Waals surface area contributed by atoms with Crippen molar-refractivity contribution in [2.24, 2.45) is 5.73 Å². The van der Waals surface area contributed by atoms with E-state index in [1.807, 2.05) is 0 Å². The fourth-order valence-corrected chi connectivity index (χ4v) is 2.10. The molecule has 1 unspecified atom stereocenters. The van der Waals surface area contributed by atoms with E-state index in [0.717, 1.165) is 19.4 Å². The summed E-state index contributed by atoms with van der Waals surface area (Å²) in [6.07, 6.45) is 3.89. The van der Waals surface area contributed by atoms with Crippen molar-refractivity contribution in [3.8, 4) is 0 Å². The van der Waals surface area contributed by atoms with Crippen molar-refractivity contribution >= 4 is 11.4 Å². The molecule has 3 N–H and O–H groups in total. The second-order valence-corrected chi connectivity index (χ2v) is 4.07. The van der Waals surface area contributed by atoms with Gasteiger partial charge in [0.15, 0.2) is 0 Å². The van der Waals surface area contributed by atoms with E-state index in [-0.39, 0.29) is 0 Å². The van der Waals surface area contributed by atoms with Crippen molar-refractivity contribution in [2.75, 3.05) is 23.8 Å². The van der Waals surface area contributed by atoms with Gasteiger partial charge in [-0.1, -0.05) is 12.1 Å². The highest BCUT2D eigenvalue weighted by atomic mass is 15.3. The number of nitrogens with zero attached hydrogens (tertiary/aromatic N) is 1. The third kappa shape index (κ3) is 2.07. The van der Waals surface area contributed by atoms with Gasteiger partial charge in [0.05, 0.1) is 17.5 Å². The largest absolute Gasteiger partial charge is 0.364 e. The van der Waals surface area contributed by atoms with E-state index < -0.39 is 0 Å². The lowest BCUT2D eigenvalue weighted by atomic mass is 10.2. The Hall–Kier alpha value is -1.22. The molecule has 1 heterocycles. The Kier molecular flexibility index (Phi) is 3.11. The summed E-state index contributed by atoms with van der Waals surface area (Å²) in [5, 5.41) is 3.53. The lowest BCUT2D eigenvalue weighted by molar-refractivity contribution is 0.601. The van der Waals surface area contributed by atoms with Gasteiger partial charge in [-0.05, 0) is 37.9 Å². The first-order valence-electron chi connectivity index (χ1n) is 5.61. The van der Waals surface area contributed by atoms with E-state index in [9.17, 15) is 0 Å². The van der Waals surface area contributed by atoms with E-state index in [4.69, 9.17) is 5.73 Å². The van der Waals surface area contributed by atoms with Gasteiger partial charge < -0.3 is 16.0 Å². The first kappa shape index (κ1) is 10.3. The van der Waals surface area contributed by atoms with Crippen LogP contribution in [0.4, 0.5) is 11.4 Å². The molecule has 0 saturated heterocycles. The fourth-order valence-electron chi connectivity index (χ4n) is 2.10. The zero-order valence-corrected chi connectivity index (χ0v) is 9.24. The van der Waals surface area contributed by atoms with E-state index in [1.165, 1.54) is 17.8 Å². The van der Waals surface area contributed by atoms with Crippen LogP contribution in [0.25, 0.3) is 0 Å². The summed E-state index contributed by atoms with van der Waals surface area (Å²) < 4.78 is 0. The van der Waals surface area contributed by atoms with Crippen LogP contribution in [0.5, 0.6) is 0 Å². The number of benzene rings is 1. The Morgan fingerprint density at radius 1 is 1.33 bits per heavy atom. The molecule has 0 saturated carbocycles. The summed E-state index contributed by atoms with van der Waals surface area (Å²) in [6, 6.07) is 8.45. The van der Waals surface area contributed by atoms with Gasteiger partial charge in [-0.25, -0.2) is 0 Å². The standard InChI is InChI=1S/C12H19N3/c1-15-11-7-3-2-6-10(11)14-12(15)8-4-5-9-13/h2-3,6-7,12,14H,4-5,8-9,13H2,1H3. The Morgan fingerprint density at radius 3 is 2.87 bits per heavy atom. The minimum Gasteiger partial charge on any atom is -0.364 e. The lowest BCUT2D eigenvalue weighted by Gasteiger charge is -2.21. The van der Waals surface area contributed by atoms with Gasteiger partial charge in [0.1, 0.15) is 0 Å². The van der Waals surface area contributed by atoms with E-state index >= 15 is 0 Å². The Balaban J connectivity index is 1.97. The molecule has 0 radical (unpaired) electrons. The molecular formula is C12H19N3. The van der Waals surface area contributed by atoms with E-state index in [0.29, 0.717) is 6.17 Å². The minimum absolute atomic E-state index is 0.439. The molecule has 15 heavy (non-hydrogen) atoms. The maximum Gasteiger partial charge on any atom is 0.0988 e. The summed E-state index contributed by atoms with van der Waals surface area (Å²) in [4.78, 5) is 2.31. The van der Waals surface area contributed by atoms with Gasteiger partial charge in [0, 0.05) is 7.05 Å². The summed E-state index contributed by atoms with van der Waals surface area (Å²) >= 11 is 0. The number of unbranched alkanes of at least 4 members (excludes halogenated alkanes) is 1. The molecule has 0 amide bonds. The van der Waals surface area contributed by atoms with Crippen molar-refractivity contribution in [2.45, 2.75) is 25.4 Å². The maximum absolute atomic E-state index is 5.50. The average molecular weight is 205 g/mol. The fraction of sp³-hybridized carbons (Fsp3) is 0.500. The molecule has 1 aliphatic rings. The van der Waals surface area contributed by atoms with Crippen LogP contribution in [0.3, 0.4) is 0 Å². The first-order chi connectivity index (χ1) is 7.33. The molecule has 2 rings (SSSR count). The number of para-hydroxylation sites is 2. The van der Waals surface area contributed by atoms with Crippen molar-refractivity contribution in [1.29, 1.82) is 0 Å². The van der Waals surface area contributed by atoms with Gasteiger partial charge in [0.2, 0.25) is 0 Å². The Morgan fingerprint density at radius 2 is 2.13 bits per heavy atom. The van der Waals surface area contributed by atoms with Crippen LogP contribution in [0.1, 0.15) is 19.3 Å². The first-order valence-corrected chi connectivity index (χ1v) is 5.61. The van der Waals surface area contributed by atoms with Gasteiger partial charge in [-0.2, -0.15) is 0 Å². The quantitative estimate of drug-likeness (QED) is 0.739. The monoisotopic (exact) mass is 205 g/mol. The zero-order valence-electron chi connectivity index (χ0n) is 9.24. The molecule has 82 valence electrons. The third-order valence-corrected chi connectivity index (χ3v) is 3.01. The van der Waals surface area contributed by atoms with Crippen LogP contribution >= 0.6 is 0 Å². The molecule has 3 heteroatoms. The van der Waals surface area contributed by atoms with Crippen LogP contribution < -0.4 is 16.0 Å². The number of nitrogens with two attached hydrogens (primary N) is 1. The topological polar surface area (TPSA) is 41.3 Å². The second-order valence-electron chi connectivity index (χ2n) is 4.07. The molecule has 1 aliphatic heterocycles. The summed E-state index contributed by atoms with van der Waals surface area (Å²) in [7, 11) is 2.14. The number of hydrogen-bond acceptors (Lipinski definition) is 3.